The summed E-state index contributed by atoms with van der Waals surface area (Å²) in [6.45, 7) is 2.79. The third-order valence-corrected chi connectivity index (χ3v) is 3.77. The zero-order valence-corrected chi connectivity index (χ0v) is 12.6. The molecule has 0 unspecified atom stereocenters. The molecule has 1 aliphatic carbocycles. The van der Waals surface area contributed by atoms with Gasteiger partial charge in [-0.05, 0) is 32.6 Å². The highest BCUT2D eigenvalue weighted by atomic mass is 16.5. The van der Waals surface area contributed by atoms with Crippen molar-refractivity contribution in [3.05, 3.63) is 0 Å². The first-order chi connectivity index (χ1) is 9.38. The molecule has 1 amide bonds. The van der Waals surface area contributed by atoms with Crippen molar-refractivity contribution in [3.8, 4) is 0 Å². The molecule has 1 aliphatic rings. The number of nitrogens with zero attached hydrogens (tertiary/aromatic N) is 1. The molecule has 0 atom stereocenters. The first-order valence-electron chi connectivity index (χ1n) is 7.18. The molecule has 1 rings (SSSR count). The summed E-state index contributed by atoms with van der Waals surface area (Å²) in [5.74, 6) is -0.280. The van der Waals surface area contributed by atoms with Gasteiger partial charge in [0.2, 0.25) is 5.91 Å². The van der Waals surface area contributed by atoms with E-state index in [4.69, 9.17) is 4.74 Å². The Labute approximate surface area is 120 Å². The number of carbonyl (C=O) groups excluding carboxylic acids is 2. The van der Waals surface area contributed by atoms with Crippen molar-refractivity contribution < 1.29 is 19.4 Å². The zero-order chi connectivity index (χ0) is 15.2. The van der Waals surface area contributed by atoms with Gasteiger partial charge in [0.1, 0.15) is 0 Å². The Hall–Kier alpha value is -1.14. The summed E-state index contributed by atoms with van der Waals surface area (Å²) in [6, 6.07) is 0. The molecule has 0 heterocycles. The Bertz CT molecular complexity index is 336. The fraction of sp³-hybridized carbons (Fsp3) is 0.857. The van der Waals surface area contributed by atoms with Crippen molar-refractivity contribution in [1.29, 1.82) is 0 Å². The molecule has 0 bridgehead atoms. The van der Waals surface area contributed by atoms with E-state index in [1.54, 1.807) is 21.0 Å². The predicted molar refractivity (Wildman–Crippen MR) is 75.1 cm³/mol. The SMILES string of the molecule is CCOC(=O)C1CCC(O)(CNCC(=O)N(C)C)CC1. The number of nitrogens with one attached hydrogen (secondary N) is 1. The Morgan fingerprint density at radius 3 is 2.45 bits per heavy atom. The maximum absolute atomic E-state index is 11.6. The topological polar surface area (TPSA) is 78.9 Å². The second-order valence-electron chi connectivity index (χ2n) is 5.64. The van der Waals surface area contributed by atoms with Gasteiger partial charge in [-0.15, -0.1) is 0 Å². The van der Waals surface area contributed by atoms with Gasteiger partial charge >= 0.3 is 5.97 Å². The first-order valence-corrected chi connectivity index (χ1v) is 7.18. The molecule has 0 aliphatic heterocycles. The molecule has 6 nitrogen and oxygen atoms in total. The van der Waals surface area contributed by atoms with E-state index in [0.717, 1.165) is 0 Å². The van der Waals surface area contributed by atoms with Gasteiger partial charge in [0.25, 0.3) is 0 Å². The van der Waals surface area contributed by atoms with E-state index in [2.05, 4.69) is 5.32 Å². The number of hydrogen-bond acceptors (Lipinski definition) is 5. The molecule has 1 saturated carbocycles. The summed E-state index contributed by atoms with van der Waals surface area (Å²) in [4.78, 5) is 24.5. The number of rotatable bonds is 6. The highest BCUT2D eigenvalue weighted by molar-refractivity contribution is 5.77. The third-order valence-electron chi connectivity index (χ3n) is 3.77. The molecule has 0 aromatic heterocycles. The van der Waals surface area contributed by atoms with Crippen LogP contribution in [0.2, 0.25) is 0 Å². The minimum atomic E-state index is -0.824. The molecule has 0 saturated heterocycles. The van der Waals surface area contributed by atoms with Crippen LogP contribution in [0.5, 0.6) is 0 Å². The molecule has 0 aromatic carbocycles. The second kappa shape index (κ2) is 7.59. The highest BCUT2D eigenvalue weighted by Crippen LogP contribution is 2.32. The first kappa shape index (κ1) is 16.9. The van der Waals surface area contributed by atoms with E-state index in [0.29, 0.717) is 38.8 Å². The minimum absolute atomic E-state index is 0.0196. The fourth-order valence-corrected chi connectivity index (χ4v) is 2.39. The van der Waals surface area contributed by atoms with Gasteiger partial charge in [0, 0.05) is 20.6 Å². The standard InChI is InChI=1S/C14H26N2O4/c1-4-20-13(18)11-5-7-14(19,8-6-11)10-15-9-12(17)16(2)3/h11,15,19H,4-10H2,1-3H3. The predicted octanol–water partition coefficient (Wildman–Crippen LogP) is 0.149. The van der Waals surface area contributed by atoms with Crippen molar-refractivity contribution in [3.63, 3.8) is 0 Å². The summed E-state index contributed by atoms with van der Waals surface area (Å²) < 4.78 is 5.00. The second-order valence-corrected chi connectivity index (χ2v) is 5.64. The molecule has 0 aromatic rings. The maximum Gasteiger partial charge on any atom is 0.308 e. The van der Waals surface area contributed by atoms with E-state index < -0.39 is 5.60 Å². The molecule has 116 valence electrons. The van der Waals surface area contributed by atoms with Crippen LogP contribution >= 0.6 is 0 Å². The Morgan fingerprint density at radius 2 is 1.95 bits per heavy atom. The lowest BCUT2D eigenvalue weighted by atomic mass is 9.79. The molecule has 6 heteroatoms. The maximum atomic E-state index is 11.6. The number of carbonyl (C=O) groups is 2. The number of amides is 1. The van der Waals surface area contributed by atoms with Crippen molar-refractivity contribution in [2.75, 3.05) is 33.8 Å². The van der Waals surface area contributed by atoms with Crippen LogP contribution in [0.1, 0.15) is 32.6 Å². The summed E-state index contributed by atoms with van der Waals surface area (Å²) in [7, 11) is 3.40. The lowest BCUT2D eigenvalue weighted by Gasteiger charge is -2.35. The van der Waals surface area contributed by atoms with E-state index in [-0.39, 0.29) is 24.3 Å². The van der Waals surface area contributed by atoms with Gasteiger partial charge in [-0.1, -0.05) is 0 Å². The van der Waals surface area contributed by atoms with E-state index in [1.807, 2.05) is 0 Å². The zero-order valence-electron chi connectivity index (χ0n) is 12.6. The van der Waals surface area contributed by atoms with Gasteiger partial charge < -0.3 is 20.1 Å². The molecular weight excluding hydrogens is 260 g/mol. The molecule has 2 N–H and O–H groups in total. The molecule has 0 spiro atoms. The van der Waals surface area contributed by atoms with Gasteiger partial charge in [-0.25, -0.2) is 0 Å². The van der Waals surface area contributed by atoms with E-state index in [1.165, 1.54) is 4.90 Å². The Kier molecular flexibility index (Phi) is 6.42. The van der Waals surface area contributed by atoms with Crippen LogP contribution in [0.3, 0.4) is 0 Å². The normalized spacial score (nSPS) is 26.1. The largest absolute Gasteiger partial charge is 0.466 e. The monoisotopic (exact) mass is 286 g/mol. The smallest absolute Gasteiger partial charge is 0.308 e. The van der Waals surface area contributed by atoms with Gasteiger partial charge in [0.05, 0.1) is 24.7 Å². The third kappa shape index (κ3) is 5.09. The van der Waals surface area contributed by atoms with Crippen molar-refractivity contribution >= 4 is 11.9 Å². The van der Waals surface area contributed by atoms with E-state index >= 15 is 0 Å². The van der Waals surface area contributed by atoms with Crippen molar-refractivity contribution in [1.82, 2.24) is 10.2 Å². The number of hydrogen-bond donors (Lipinski definition) is 2. The number of ether oxygens (including phenoxy) is 1. The molecule has 0 radical (unpaired) electrons. The quantitative estimate of drug-likeness (QED) is 0.680. The fourth-order valence-electron chi connectivity index (χ4n) is 2.39. The van der Waals surface area contributed by atoms with Gasteiger partial charge in [0.15, 0.2) is 0 Å². The molecule has 20 heavy (non-hydrogen) atoms. The highest BCUT2D eigenvalue weighted by Gasteiger charge is 2.36. The van der Waals surface area contributed by atoms with Crippen molar-refractivity contribution in [2.45, 2.75) is 38.2 Å². The average molecular weight is 286 g/mol. The van der Waals surface area contributed by atoms with E-state index in [9.17, 15) is 14.7 Å². The summed E-state index contributed by atoms with van der Waals surface area (Å²) >= 11 is 0. The Morgan fingerprint density at radius 1 is 1.35 bits per heavy atom. The van der Waals surface area contributed by atoms with Crippen LogP contribution in [0, 0.1) is 5.92 Å². The van der Waals surface area contributed by atoms with Crippen LogP contribution in [-0.4, -0.2) is 61.3 Å². The minimum Gasteiger partial charge on any atom is -0.466 e. The Balaban J connectivity index is 2.31. The van der Waals surface area contributed by atoms with Crippen LogP contribution in [0.4, 0.5) is 0 Å². The summed E-state index contributed by atoms with van der Waals surface area (Å²) in [6.07, 6.45) is 2.39. The average Bonchev–Trinajstić information content (AvgIpc) is 2.39. The van der Waals surface area contributed by atoms with Crippen LogP contribution < -0.4 is 5.32 Å². The number of esters is 1. The number of likely N-dealkylation sites (N-methyl/N-ethyl adjacent to an activating group) is 1. The summed E-state index contributed by atoms with van der Waals surface area (Å²) in [5.41, 5.74) is -0.824. The van der Waals surface area contributed by atoms with Crippen LogP contribution in [0.25, 0.3) is 0 Å². The van der Waals surface area contributed by atoms with Crippen LogP contribution in [0.15, 0.2) is 0 Å². The van der Waals surface area contributed by atoms with Crippen molar-refractivity contribution in [2.24, 2.45) is 5.92 Å². The van der Waals surface area contributed by atoms with Crippen LogP contribution in [-0.2, 0) is 14.3 Å². The molecule has 1 fully saturated rings. The van der Waals surface area contributed by atoms with Gasteiger partial charge in [-0.2, -0.15) is 0 Å². The molecular formula is C14H26N2O4. The number of aliphatic hydroxyl groups is 1. The lowest BCUT2D eigenvalue weighted by Crippen LogP contribution is -2.46. The van der Waals surface area contributed by atoms with Gasteiger partial charge in [-0.3, -0.25) is 9.59 Å². The lowest BCUT2D eigenvalue weighted by molar-refractivity contribution is -0.151. The summed E-state index contributed by atoms with van der Waals surface area (Å²) in [5, 5.41) is 13.4.